The maximum Gasteiger partial charge on any atom is -0.00693 e. The predicted octanol–water partition coefficient (Wildman–Crippen LogP) is 11.4. The third-order valence-electron chi connectivity index (χ3n) is 14.3. The van der Waals surface area contributed by atoms with Gasteiger partial charge in [0, 0.05) is 0 Å². The molecule has 0 saturated heterocycles. The third kappa shape index (κ3) is 3.88. The van der Waals surface area contributed by atoms with Crippen LogP contribution in [0.3, 0.4) is 0 Å². The van der Waals surface area contributed by atoms with Gasteiger partial charge in [0.05, 0.1) is 0 Å². The molecule has 39 heavy (non-hydrogen) atoms. The lowest BCUT2D eigenvalue weighted by atomic mass is 9.35. The van der Waals surface area contributed by atoms with E-state index < -0.39 is 0 Å². The van der Waals surface area contributed by atoms with Gasteiger partial charge in [0.15, 0.2) is 0 Å². The smallest absolute Gasteiger partial charge is 0.00693 e. The third-order valence-corrected chi connectivity index (χ3v) is 14.3. The van der Waals surface area contributed by atoms with Crippen molar-refractivity contribution in [2.24, 2.45) is 43.3 Å². The Bertz CT molecular complexity index is 1170. The number of hydrogen-bond donors (Lipinski definition) is 0. The Morgan fingerprint density at radius 1 is 0.359 bits per heavy atom. The van der Waals surface area contributed by atoms with Gasteiger partial charge >= 0.3 is 0 Å². The molecule has 0 amide bonds. The van der Waals surface area contributed by atoms with Crippen LogP contribution in [0.4, 0.5) is 0 Å². The van der Waals surface area contributed by atoms with Gasteiger partial charge in [-0.15, -0.1) is 0 Å². The highest BCUT2D eigenvalue weighted by molar-refractivity contribution is 5.45. The monoisotopic (exact) mass is 524 g/mol. The summed E-state index contributed by atoms with van der Waals surface area (Å²) in [6.45, 7) is 15.9. The summed E-state index contributed by atoms with van der Waals surface area (Å²) in [6.07, 6.45) is 34.8. The van der Waals surface area contributed by atoms with E-state index in [2.05, 4.69) is 65.8 Å². The summed E-state index contributed by atoms with van der Waals surface area (Å²) < 4.78 is 0. The predicted molar refractivity (Wildman–Crippen MR) is 164 cm³/mol. The van der Waals surface area contributed by atoms with E-state index in [0.717, 1.165) is 0 Å². The maximum atomic E-state index is 2.66. The zero-order chi connectivity index (χ0) is 27.2. The van der Waals surface area contributed by atoms with Crippen LogP contribution in [0.5, 0.6) is 0 Å². The molecule has 0 aromatic heterocycles. The van der Waals surface area contributed by atoms with E-state index >= 15 is 0 Å². The molecule has 10 aliphatic rings. The number of allylic oxidation sites excluding steroid dienone is 8. The van der Waals surface area contributed by atoms with Crippen molar-refractivity contribution >= 4 is 0 Å². The first-order valence-electron chi connectivity index (χ1n) is 17.0. The van der Waals surface area contributed by atoms with Crippen molar-refractivity contribution in [2.75, 3.05) is 0 Å². The molecule has 0 aromatic carbocycles. The minimum absolute atomic E-state index is 0.488. The quantitative estimate of drug-likeness (QED) is 0.344. The van der Waals surface area contributed by atoms with Crippen LogP contribution in [0.15, 0.2) is 46.6 Å². The molecule has 0 radical (unpaired) electrons. The minimum atomic E-state index is 0.488. The van der Waals surface area contributed by atoms with Crippen LogP contribution in [0.25, 0.3) is 0 Å². The van der Waals surface area contributed by atoms with Gasteiger partial charge in [-0.1, -0.05) is 77.0 Å². The Morgan fingerprint density at radius 2 is 0.667 bits per heavy atom. The normalized spacial score (nSPS) is 55.6. The Balaban J connectivity index is 1.07. The first-order valence-corrected chi connectivity index (χ1v) is 17.0. The molecule has 0 heterocycles. The summed E-state index contributed by atoms with van der Waals surface area (Å²) in [5, 5.41) is 0. The van der Waals surface area contributed by atoms with E-state index in [0.29, 0.717) is 43.3 Å². The zero-order valence-corrected chi connectivity index (χ0v) is 26.3. The lowest BCUT2D eigenvalue weighted by molar-refractivity contribution is -0.170. The van der Waals surface area contributed by atoms with E-state index in [9.17, 15) is 0 Å². The Morgan fingerprint density at radius 3 is 0.974 bits per heavy atom. The SMILES string of the molecule is CC12CCC3(C)CC(C)(C1)CC(C1=CC=C(C4=CC=C(C56CC7(C)CC(C)(CC(C)(C7)C5)C6)CC4)CC1)(C2)C3. The number of rotatable bonds is 3. The average Bonchev–Trinajstić information content (AvgIpc) is 2.92. The van der Waals surface area contributed by atoms with Crippen molar-refractivity contribution in [3.8, 4) is 0 Å². The van der Waals surface area contributed by atoms with Crippen molar-refractivity contribution in [3.05, 3.63) is 46.6 Å². The molecule has 2 atom stereocenters. The van der Waals surface area contributed by atoms with Gasteiger partial charge in [-0.25, -0.2) is 0 Å². The summed E-state index contributed by atoms with van der Waals surface area (Å²) in [4.78, 5) is 0. The van der Waals surface area contributed by atoms with Gasteiger partial charge < -0.3 is 0 Å². The van der Waals surface area contributed by atoms with E-state index in [4.69, 9.17) is 0 Å². The molecule has 2 unspecified atom stereocenters. The molecule has 10 aliphatic carbocycles. The van der Waals surface area contributed by atoms with E-state index in [-0.39, 0.29) is 0 Å². The lowest BCUT2D eigenvalue weighted by Gasteiger charge is -2.70. The van der Waals surface area contributed by atoms with Gasteiger partial charge in [0.1, 0.15) is 0 Å². The lowest BCUT2D eigenvalue weighted by Crippen LogP contribution is -2.59. The topological polar surface area (TPSA) is 0 Å². The molecule has 0 aromatic rings. The van der Waals surface area contributed by atoms with Crippen LogP contribution in [0, 0.1) is 43.3 Å². The van der Waals surface area contributed by atoms with E-state index in [1.165, 1.54) is 109 Å². The van der Waals surface area contributed by atoms with Gasteiger partial charge in [-0.3, -0.25) is 0 Å². The minimum Gasteiger partial charge on any atom is -0.0636 e. The van der Waals surface area contributed by atoms with Crippen molar-refractivity contribution < 1.29 is 0 Å². The first-order chi connectivity index (χ1) is 18.2. The van der Waals surface area contributed by atoms with E-state index in [1.807, 2.05) is 11.1 Å². The standard InChI is InChI=1S/C39H56/c1-32-15-16-33(2)18-34(3,17-32)24-38(22-32,23-33)30-11-7-28(8-12-30)29-9-13-31(14-10-29)39-25-35(4)19-36(5,26-39)21-37(6,20-35)27-39/h7,9,11,13H,8,10,12,14-27H2,1-6H3. The summed E-state index contributed by atoms with van der Waals surface area (Å²) >= 11 is 0. The van der Waals surface area contributed by atoms with Crippen LogP contribution < -0.4 is 0 Å². The highest BCUT2D eigenvalue weighted by atomic mass is 14.7. The molecule has 8 bridgehead atoms. The molecule has 0 aliphatic heterocycles. The van der Waals surface area contributed by atoms with Crippen molar-refractivity contribution in [1.29, 1.82) is 0 Å². The molecule has 0 nitrogen and oxygen atoms in total. The number of fused-ring (bicyclic) bond motifs is 1. The molecule has 0 spiro atoms. The molecule has 0 heteroatoms. The largest absolute Gasteiger partial charge is 0.0636 e. The van der Waals surface area contributed by atoms with Crippen molar-refractivity contribution in [2.45, 2.75) is 151 Å². The second kappa shape index (κ2) is 7.48. The van der Waals surface area contributed by atoms with Crippen LogP contribution in [0.2, 0.25) is 0 Å². The molecular formula is C39H56. The summed E-state index contributed by atoms with van der Waals surface area (Å²) in [5.74, 6) is 0. The summed E-state index contributed by atoms with van der Waals surface area (Å²) in [7, 11) is 0. The highest BCUT2D eigenvalue weighted by Gasteiger charge is 2.65. The molecule has 212 valence electrons. The molecule has 10 rings (SSSR count). The molecule has 0 N–H and O–H groups in total. The average molecular weight is 525 g/mol. The summed E-state index contributed by atoms with van der Waals surface area (Å²) in [6, 6.07) is 0. The fourth-order valence-electron chi connectivity index (χ4n) is 15.6. The van der Waals surface area contributed by atoms with Gasteiger partial charge in [0.25, 0.3) is 0 Å². The van der Waals surface area contributed by atoms with Crippen LogP contribution in [-0.4, -0.2) is 0 Å². The van der Waals surface area contributed by atoms with Crippen LogP contribution in [0.1, 0.15) is 151 Å². The molecule has 8 fully saturated rings. The van der Waals surface area contributed by atoms with Gasteiger partial charge in [-0.2, -0.15) is 0 Å². The van der Waals surface area contributed by atoms with Crippen molar-refractivity contribution in [3.63, 3.8) is 0 Å². The second-order valence-corrected chi connectivity index (χ2v) is 19.6. The Labute approximate surface area is 240 Å². The summed E-state index contributed by atoms with van der Waals surface area (Å²) in [5.41, 5.74) is 11.4. The zero-order valence-electron chi connectivity index (χ0n) is 26.3. The Kier molecular flexibility index (Phi) is 4.92. The van der Waals surface area contributed by atoms with Gasteiger partial charge in [0.2, 0.25) is 0 Å². The van der Waals surface area contributed by atoms with Crippen molar-refractivity contribution in [1.82, 2.24) is 0 Å². The Hall–Kier alpha value is -1.04. The van der Waals surface area contributed by atoms with Gasteiger partial charge in [-0.05, 0) is 164 Å². The highest BCUT2D eigenvalue weighted by Crippen LogP contribution is 2.76. The van der Waals surface area contributed by atoms with Crippen LogP contribution >= 0.6 is 0 Å². The van der Waals surface area contributed by atoms with E-state index in [1.54, 1.807) is 11.1 Å². The molecular weight excluding hydrogens is 468 g/mol. The fourth-order valence-corrected chi connectivity index (χ4v) is 15.6. The fraction of sp³-hybridized carbons (Fsp3) is 0.795. The molecule has 8 saturated carbocycles. The first kappa shape index (κ1) is 25.7. The second-order valence-electron chi connectivity index (χ2n) is 19.6. The number of hydrogen-bond acceptors (Lipinski definition) is 0. The maximum absolute atomic E-state index is 2.66. The van der Waals surface area contributed by atoms with Crippen LogP contribution in [-0.2, 0) is 0 Å².